The van der Waals surface area contributed by atoms with Gasteiger partial charge in [-0.1, -0.05) is 57.5 Å². The van der Waals surface area contributed by atoms with E-state index in [0.29, 0.717) is 0 Å². The molecular formula is C27H37N6O8P. The number of nitrogens with two attached hydrogens (primary N) is 1. The van der Waals surface area contributed by atoms with Crippen molar-refractivity contribution in [2.24, 2.45) is 21.7 Å². The molecule has 2 aliphatic heterocycles. The Morgan fingerprint density at radius 2 is 2.05 bits per heavy atom. The second-order valence-corrected chi connectivity index (χ2v) is 11.3. The molecule has 0 amide bonds. The molecule has 1 saturated heterocycles. The summed E-state index contributed by atoms with van der Waals surface area (Å²) in [5.41, 5.74) is 3.76. The molecule has 42 heavy (non-hydrogen) atoms. The summed E-state index contributed by atoms with van der Waals surface area (Å²) in [5.74, 6) is -0.353. The molecule has 0 radical (unpaired) electrons. The summed E-state index contributed by atoms with van der Waals surface area (Å²) < 4.78 is 36.3. The molecule has 2 heterocycles. The maximum atomic E-state index is 13.9. The van der Waals surface area contributed by atoms with Crippen LogP contribution in [0.4, 0.5) is 0 Å². The van der Waals surface area contributed by atoms with Crippen LogP contribution in [0.1, 0.15) is 33.6 Å². The fourth-order valence-corrected chi connectivity index (χ4v) is 5.68. The Labute approximate surface area is 244 Å². The molecule has 0 bridgehead atoms. The van der Waals surface area contributed by atoms with Crippen LogP contribution < -0.4 is 15.3 Å². The molecule has 2 aliphatic rings. The van der Waals surface area contributed by atoms with Crippen molar-refractivity contribution in [3.05, 3.63) is 54.8 Å². The van der Waals surface area contributed by atoms with Gasteiger partial charge in [0.1, 0.15) is 48.2 Å². The van der Waals surface area contributed by atoms with Crippen LogP contribution in [0.2, 0.25) is 0 Å². The molecule has 0 spiro atoms. The lowest BCUT2D eigenvalue weighted by Gasteiger charge is -2.36. The van der Waals surface area contributed by atoms with Gasteiger partial charge in [-0.15, -0.1) is 0 Å². The molecule has 14 nitrogen and oxygen atoms in total. The summed E-state index contributed by atoms with van der Waals surface area (Å²) in [6.45, 7) is 8.60. The maximum absolute atomic E-state index is 13.9. The van der Waals surface area contributed by atoms with Crippen LogP contribution in [0.25, 0.3) is 0 Å². The monoisotopic (exact) mass is 604 g/mol. The van der Waals surface area contributed by atoms with E-state index in [1.54, 1.807) is 18.2 Å². The minimum Gasteiger partial charge on any atom is -0.464 e. The van der Waals surface area contributed by atoms with E-state index in [-0.39, 0.29) is 29.8 Å². The summed E-state index contributed by atoms with van der Waals surface area (Å²) in [5, 5.41) is 39.4. The Morgan fingerprint density at radius 3 is 2.67 bits per heavy atom. The van der Waals surface area contributed by atoms with Crippen LogP contribution in [0.5, 0.6) is 5.75 Å². The fraction of sp³-hybridized carbons (Fsp3) is 0.481. The number of nitrogens with zero attached hydrogens (tertiary/aromatic N) is 4. The predicted octanol–water partition coefficient (Wildman–Crippen LogP) is 2.17. The molecule has 0 unspecified atom stereocenters. The Kier molecular flexibility index (Phi) is 11.4. The number of benzene rings is 1. The summed E-state index contributed by atoms with van der Waals surface area (Å²) >= 11 is 0. The van der Waals surface area contributed by atoms with Crippen molar-refractivity contribution in [1.82, 2.24) is 10.1 Å². The second kappa shape index (κ2) is 14.6. The van der Waals surface area contributed by atoms with Crippen molar-refractivity contribution in [2.45, 2.75) is 63.7 Å². The maximum Gasteiger partial charge on any atom is 0.459 e. The molecule has 1 aromatic carbocycles. The van der Waals surface area contributed by atoms with Gasteiger partial charge in [-0.25, -0.2) is 14.6 Å². The minimum absolute atomic E-state index is 0.0421. The number of aliphatic hydroxyl groups is 2. The van der Waals surface area contributed by atoms with Gasteiger partial charge < -0.3 is 29.9 Å². The lowest BCUT2D eigenvalue weighted by molar-refractivity contribution is -0.146. The number of hydrogen-bond donors (Lipinski definition) is 4. The highest BCUT2D eigenvalue weighted by Crippen LogP contribution is 2.46. The number of nitrogens with one attached hydrogen (secondary N) is 1. The molecule has 0 aliphatic carbocycles. The Balaban J connectivity index is 1.80. The second-order valence-electron chi connectivity index (χ2n) is 9.61. The van der Waals surface area contributed by atoms with Crippen LogP contribution in [0.3, 0.4) is 0 Å². The third-order valence-electron chi connectivity index (χ3n) is 6.74. The van der Waals surface area contributed by atoms with Crippen molar-refractivity contribution < 1.29 is 38.1 Å². The third kappa shape index (κ3) is 7.43. The van der Waals surface area contributed by atoms with E-state index in [1.165, 1.54) is 31.2 Å². The predicted molar refractivity (Wildman–Crippen MR) is 154 cm³/mol. The first-order valence-electron chi connectivity index (χ1n) is 13.4. The average Bonchev–Trinajstić information content (AvgIpc) is 3.23. The number of amidine groups is 1. The molecule has 0 saturated carbocycles. The zero-order chi connectivity index (χ0) is 30.9. The molecule has 228 valence electrons. The van der Waals surface area contributed by atoms with Crippen LogP contribution in [0.15, 0.2) is 64.9 Å². The molecule has 5 N–H and O–H groups in total. The largest absolute Gasteiger partial charge is 0.464 e. The van der Waals surface area contributed by atoms with Crippen molar-refractivity contribution in [3.8, 4) is 11.8 Å². The highest BCUT2D eigenvalue weighted by atomic mass is 31.2. The molecule has 6 atom stereocenters. The zero-order valence-corrected chi connectivity index (χ0v) is 24.6. The number of rotatable bonds is 14. The van der Waals surface area contributed by atoms with Gasteiger partial charge in [-0.05, 0) is 31.1 Å². The van der Waals surface area contributed by atoms with Crippen LogP contribution >= 0.6 is 7.75 Å². The summed E-state index contributed by atoms with van der Waals surface area (Å²) in [6, 6.07) is 8.83. The van der Waals surface area contributed by atoms with E-state index < -0.39 is 50.4 Å². The SMILES string of the molecule is C=C/C=C1/C(N)=NC=NN1[C@]1(C#N)O[C@H](CO[P@](=O)(N[C@@H](C)C(=O)OCC(CC)CC)Oc2ccccc2)[C@@H](O)[C@H]1O. The number of carbonyl (C=O) groups excluding carboxylic acids is 1. The summed E-state index contributed by atoms with van der Waals surface area (Å²) in [4.78, 5) is 16.5. The van der Waals surface area contributed by atoms with Crippen molar-refractivity contribution in [2.75, 3.05) is 13.2 Å². The number of allylic oxidation sites excluding steroid dienone is 2. The Morgan fingerprint density at radius 1 is 1.36 bits per heavy atom. The molecule has 3 rings (SSSR count). The zero-order valence-electron chi connectivity index (χ0n) is 23.7. The van der Waals surface area contributed by atoms with Crippen molar-refractivity contribution in [1.29, 1.82) is 5.26 Å². The number of aliphatic imine (C=N–C) groups is 1. The first-order valence-corrected chi connectivity index (χ1v) is 15.0. The van der Waals surface area contributed by atoms with E-state index in [2.05, 4.69) is 21.8 Å². The third-order valence-corrected chi connectivity index (χ3v) is 8.38. The van der Waals surface area contributed by atoms with Crippen molar-refractivity contribution >= 4 is 25.9 Å². The number of hydrazone groups is 1. The number of carbonyl (C=O) groups is 1. The normalized spacial score (nSPS) is 26.8. The van der Waals surface area contributed by atoms with E-state index in [1.807, 2.05) is 19.9 Å². The molecule has 15 heteroatoms. The van der Waals surface area contributed by atoms with E-state index >= 15 is 0 Å². The van der Waals surface area contributed by atoms with E-state index in [0.717, 1.165) is 24.2 Å². The van der Waals surface area contributed by atoms with E-state index in [4.69, 9.17) is 24.3 Å². The fourth-order valence-electron chi connectivity index (χ4n) is 4.18. The lowest BCUT2D eigenvalue weighted by Crippen LogP contribution is -2.55. The van der Waals surface area contributed by atoms with Crippen LogP contribution in [-0.2, 0) is 23.4 Å². The number of hydrogen-bond acceptors (Lipinski definition) is 13. The summed E-state index contributed by atoms with van der Waals surface area (Å²) in [6.07, 6.45) is 0.549. The highest BCUT2D eigenvalue weighted by molar-refractivity contribution is 7.52. The van der Waals surface area contributed by atoms with Gasteiger partial charge in [-0.2, -0.15) is 15.5 Å². The van der Waals surface area contributed by atoms with Crippen molar-refractivity contribution in [3.63, 3.8) is 0 Å². The van der Waals surface area contributed by atoms with Crippen LogP contribution in [0, 0.1) is 17.2 Å². The van der Waals surface area contributed by atoms with Gasteiger partial charge in [0.05, 0.1) is 13.2 Å². The molecular weight excluding hydrogens is 567 g/mol. The van der Waals surface area contributed by atoms with Gasteiger partial charge in [-0.3, -0.25) is 9.32 Å². The molecule has 0 aromatic heterocycles. The van der Waals surface area contributed by atoms with Gasteiger partial charge in [0.25, 0.3) is 5.72 Å². The van der Waals surface area contributed by atoms with E-state index in [9.17, 15) is 24.8 Å². The quantitative estimate of drug-likeness (QED) is 0.178. The smallest absolute Gasteiger partial charge is 0.459 e. The topological polar surface area (TPSA) is 201 Å². The number of esters is 1. The minimum atomic E-state index is -4.34. The lowest BCUT2D eigenvalue weighted by atomic mass is 10.0. The average molecular weight is 605 g/mol. The van der Waals surface area contributed by atoms with Gasteiger partial charge in [0, 0.05) is 0 Å². The molecule has 1 fully saturated rings. The number of nitriles is 1. The number of ether oxygens (including phenoxy) is 2. The van der Waals surface area contributed by atoms with Crippen LogP contribution in [-0.4, -0.2) is 76.7 Å². The van der Waals surface area contributed by atoms with Gasteiger partial charge in [0.15, 0.2) is 5.84 Å². The first-order chi connectivity index (χ1) is 20.0. The Hall–Kier alpha value is -3.57. The molecule has 1 aromatic rings. The van der Waals surface area contributed by atoms with Gasteiger partial charge >= 0.3 is 13.7 Å². The summed E-state index contributed by atoms with van der Waals surface area (Å²) in [7, 11) is -4.34. The number of para-hydroxylation sites is 1. The first kappa shape index (κ1) is 32.9. The number of aliphatic hydroxyl groups excluding tert-OH is 2. The Bertz CT molecular complexity index is 1280. The standard InChI is InChI=1S/C27H37N6O8P/c1-5-11-21-25(29)30-17-31-33(21)27(16-28)24(35)23(34)22(40-27)15-39-42(37,41-20-12-9-8-10-13-20)32-18(4)26(36)38-14-19(6-2)7-3/h5,8-13,17-19,22-24,34-35H,1,6-7,14-15H2,2-4H3,(H,32,37)(H2,29,30,31)/b21-11-/t18-,22+,23+,24+,27+,42+/m0/s1. The highest BCUT2D eigenvalue weighted by Gasteiger charge is 2.60. The van der Waals surface area contributed by atoms with Gasteiger partial charge in [0.2, 0.25) is 0 Å².